The minimum Gasteiger partial charge on any atom is -0.491 e. The average molecular weight is 207 g/mol. The Morgan fingerprint density at radius 3 is 2.67 bits per heavy atom. The second-order valence-corrected chi connectivity index (χ2v) is 3.72. The molecule has 0 atom stereocenters. The van der Waals surface area contributed by atoms with E-state index in [0.29, 0.717) is 0 Å². The summed E-state index contributed by atoms with van der Waals surface area (Å²) in [7, 11) is 1.69. The first kappa shape index (κ1) is 10.2. The zero-order chi connectivity index (χ0) is 10.7. The van der Waals surface area contributed by atoms with Crippen molar-refractivity contribution in [2.24, 2.45) is 0 Å². The molecule has 4 heteroatoms. The van der Waals surface area contributed by atoms with Crippen molar-refractivity contribution in [3.8, 4) is 5.75 Å². The van der Waals surface area contributed by atoms with Gasteiger partial charge in [0, 0.05) is 13.1 Å². The van der Waals surface area contributed by atoms with Crippen molar-refractivity contribution in [3.05, 3.63) is 12.0 Å². The Hall–Kier alpha value is -1.32. The zero-order valence-corrected chi connectivity index (χ0v) is 9.36. The summed E-state index contributed by atoms with van der Waals surface area (Å²) in [6, 6.07) is 0. The Kier molecular flexibility index (Phi) is 3.04. The molecular formula is C11H17N3O. The fourth-order valence-electron chi connectivity index (χ4n) is 2.01. The molecule has 2 heterocycles. The normalized spacial score (nSPS) is 15.7. The molecule has 0 spiro atoms. The Bertz CT molecular complexity index is 335. The van der Waals surface area contributed by atoms with Gasteiger partial charge in [0.1, 0.15) is 6.33 Å². The molecule has 15 heavy (non-hydrogen) atoms. The minimum absolute atomic E-state index is 0.849. The van der Waals surface area contributed by atoms with E-state index in [1.165, 1.54) is 12.8 Å². The third kappa shape index (κ3) is 1.89. The number of hydrogen-bond acceptors (Lipinski definition) is 4. The van der Waals surface area contributed by atoms with Gasteiger partial charge in [-0.15, -0.1) is 0 Å². The van der Waals surface area contributed by atoms with E-state index in [0.717, 1.165) is 36.8 Å². The number of rotatable bonds is 3. The Labute approximate surface area is 90.3 Å². The molecular weight excluding hydrogens is 190 g/mol. The maximum Gasteiger partial charge on any atom is 0.182 e. The molecule has 1 aliphatic heterocycles. The molecule has 0 aliphatic carbocycles. The lowest BCUT2D eigenvalue weighted by atomic mass is 10.3. The van der Waals surface area contributed by atoms with Crippen LogP contribution in [0.15, 0.2) is 6.33 Å². The molecule has 82 valence electrons. The van der Waals surface area contributed by atoms with E-state index in [-0.39, 0.29) is 0 Å². The molecule has 0 unspecified atom stereocenters. The van der Waals surface area contributed by atoms with Crippen LogP contribution in [0.2, 0.25) is 0 Å². The van der Waals surface area contributed by atoms with Crippen molar-refractivity contribution in [1.29, 1.82) is 0 Å². The third-order valence-electron chi connectivity index (χ3n) is 2.80. The fourth-order valence-corrected chi connectivity index (χ4v) is 2.01. The molecule has 1 fully saturated rings. The van der Waals surface area contributed by atoms with Crippen LogP contribution in [0.1, 0.15) is 25.5 Å². The van der Waals surface area contributed by atoms with Gasteiger partial charge in [0.15, 0.2) is 11.6 Å². The van der Waals surface area contributed by atoms with Gasteiger partial charge >= 0.3 is 0 Å². The fraction of sp³-hybridized carbons (Fsp3) is 0.636. The quantitative estimate of drug-likeness (QED) is 0.755. The van der Waals surface area contributed by atoms with Crippen molar-refractivity contribution in [1.82, 2.24) is 9.97 Å². The first-order valence-corrected chi connectivity index (χ1v) is 5.49. The highest BCUT2D eigenvalue weighted by atomic mass is 16.5. The van der Waals surface area contributed by atoms with Crippen LogP contribution in [-0.2, 0) is 6.42 Å². The molecule has 1 aliphatic rings. The highest BCUT2D eigenvalue weighted by Gasteiger charge is 2.19. The van der Waals surface area contributed by atoms with E-state index in [2.05, 4.69) is 21.8 Å². The predicted octanol–water partition coefficient (Wildman–Crippen LogP) is 1.65. The number of anilines is 1. The van der Waals surface area contributed by atoms with Crippen molar-refractivity contribution in [2.45, 2.75) is 26.2 Å². The standard InChI is InChI=1S/C11H17N3O/c1-3-9-10(15-2)11(13-8-12-9)14-6-4-5-7-14/h8H,3-7H2,1-2H3. The van der Waals surface area contributed by atoms with Crippen LogP contribution in [0.4, 0.5) is 5.82 Å². The Balaban J connectivity index is 2.36. The topological polar surface area (TPSA) is 38.2 Å². The van der Waals surface area contributed by atoms with Crippen molar-refractivity contribution >= 4 is 5.82 Å². The molecule has 0 amide bonds. The van der Waals surface area contributed by atoms with Gasteiger partial charge in [-0.25, -0.2) is 9.97 Å². The van der Waals surface area contributed by atoms with Crippen molar-refractivity contribution in [3.63, 3.8) is 0 Å². The SMILES string of the molecule is CCc1ncnc(N2CCCC2)c1OC. The first-order valence-electron chi connectivity index (χ1n) is 5.49. The van der Waals surface area contributed by atoms with E-state index in [1.54, 1.807) is 13.4 Å². The first-order chi connectivity index (χ1) is 7.36. The number of nitrogens with zero attached hydrogens (tertiary/aromatic N) is 3. The minimum atomic E-state index is 0.849. The van der Waals surface area contributed by atoms with Gasteiger partial charge in [-0.05, 0) is 19.3 Å². The largest absolute Gasteiger partial charge is 0.491 e. The van der Waals surface area contributed by atoms with Crippen LogP contribution in [0.5, 0.6) is 5.75 Å². The molecule has 0 bridgehead atoms. The smallest absolute Gasteiger partial charge is 0.182 e. The lowest BCUT2D eigenvalue weighted by Gasteiger charge is -2.19. The molecule has 1 saturated heterocycles. The highest BCUT2D eigenvalue weighted by molar-refractivity contribution is 5.54. The molecule has 1 aromatic rings. The van der Waals surface area contributed by atoms with Gasteiger partial charge in [0.2, 0.25) is 0 Å². The summed E-state index contributed by atoms with van der Waals surface area (Å²) in [5.74, 6) is 1.81. The van der Waals surface area contributed by atoms with E-state index in [1.807, 2.05) is 0 Å². The monoisotopic (exact) mass is 207 g/mol. The summed E-state index contributed by atoms with van der Waals surface area (Å²) in [6.07, 6.45) is 5.00. The number of hydrogen-bond donors (Lipinski definition) is 0. The predicted molar refractivity (Wildman–Crippen MR) is 59.4 cm³/mol. The van der Waals surface area contributed by atoms with Crippen LogP contribution < -0.4 is 9.64 Å². The molecule has 4 nitrogen and oxygen atoms in total. The average Bonchev–Trinajstić information content (AvgIpc) is 2.81. The second-order valence-electron chi connectivity index (χ2n) is 3.72. The number of methoxy groups -OCH3 is 1. The summed E-state index contributed by atoms with van der Waals surface area (Å²) < 4.78 is 5.41. The van der Waals surface area contributed by atoms with E-state index < -0.39 is 0 Å². The van der Waals surface area contributed by atoms with Crippen LogP contribution in [0, 0.1) is 0 Å². The van der Waals surface area contributed by atoms with Crippen LogP contribution in [0.3, 0.4) is 0 Å². The summed E-state index contributed by atoms with van der Waals surface area (Å²) in [5, 5.41) is 0. The van der Waals surface area contributed by atoms with Crippen molar-refractivity contribution in [2.75, 3.05) is 25.1 Å². The Morgan fingerprint density at radius 2 is 2.07 bits per heavy atom. The van der Waals surface area contributed by atoms with Gasteiger partial charge in [0.05, 0.1) is 12.8 Å². The van der Waals surface area contributed by atoms with E-state index in [4.69, 9.17) is 4.74 Å². The van der Waals surface area contributed by atoms with Gasteiger partial charge in [-0.3, -0.25) is 0 Å². The molecule has 0 N–H and O–H groups in total. The highest BCUT2D eigenvalue weighted by Crippen LogP contribution is 2.30. The van der Waals surface area contributed by atoms with Gasteiger partial charge < -0.3 is 9.64 Å². The van der Waals surface area contributed by atoms with Gasteiger partial charge in [-0.1, -0.05) is 6.92 Å². The Morgan fingerprint density at radius 1 is 1.33 bits per heavy atom. The van der Waals surface area contributed by atoms with Crippen LogP contribution in [-0.4, -0.2) is 30.2 Å². The summed E-state index contributed by atoms with van der Waals surface area (Å²) in [4.78, 5) is 10.8. The summed E-state index contributed by atoms with van der Waals surface area (Å²) in [6.45, 7) is 4.24. The lowest BCUT2D eigenvalue weighted by Crippen LogP contribution is -2.20. The number of ether oxygens (including phenoxy) is 1. The van der Waals surface area contributed by atoms with E-state index >= 15 is 0 Å². The van der Waals surface area contributed by atoms with Gasteiger partial charge in [0.25, 0.3) is 0 Å². The number of aromatic nitrogens is 2. The lowest BCUT2D eigenvalue weighted by molar-refractivity contribution is 0.405. The van der Waals surface area contributed by atoms with Crippen LogP contribution in [0.25, 0.3) is 0 Å². The molecule has 1 aromatic heterocycles. The number of aryl methyl sites for hydroxylation is 1. The maximum absolute atomic E-state index is 5.41. The zero-order valence-electron chi connectivity index (χ0n) is 9.36. The summed E-state index contributed by atoms with van der Waals surface area (Å²) >= 11 is 0. The summed E-state index contributed by atoms with van der Waals surface area (Å²) in [5.41, 5.74) is 0.995. The van der Waals surface area contributed by atoms with Crippen LogP contribution >= 0.6 is 0 Å². The second kappa shape index (κ2) is 4.47. The van der Waals surface area contributed by atoms with Crippen molar-refractivity contribution < 1.29 is 4.74 Å². The molecule has 0 radical (unpaired) electrons. The molecule has 2 rings (SSSR count). The maximum atomic E-state index is 5.41. The molecule has 0 aromatic carbocycles. The molecule has 0 saturated carbocycles. The van der Waals surface area contributed by atoms with Gasteiger partial charge in [-0.2, -0.15) is 0 Å². The third-order valence-corrected chi connectivity index (χ3v) is 2.80. The van der Waals surface area contributed by atoms with E-state index in [9.17, 15) is 0 Å².